The number of pyridine rings is 1. The molecule has 11 heteroatoms. The van der Waals surface area contributed by atoms with Gasteiger partial charge in [-0.25, -0.2) is 13.6 Å². The molecule has 1 fully saturated rings. The second-order valence-electron chi connectivity index (χ2n) is 14.6. The molecule has 0 radical (unpaired) electrons. The molecule has 1 aliphatic heterocycles. The first-order valence-electron chi connectivity index (χ1n) is 15.8. The Kier molecular flexibility index (Phi) is 10.8. The number of fused-ring (bicyclic) bond motifs is 1. The Morgan fingerprint density at radius 1 is 1.07 bits per heavy atom. The molecule has 2 heterocycles. The van der Waals surface area contributed by atoms with Crippen molar-refractivity contribution >= 4 is 42.5 Å². The molecule has 7 nitrogen and oxygen atoms in total. The first-order valence-corrected chi connectivity index (χ1v) is 19.1. The van der Waals surface area contributed by atoms with Gasteiger partial charge in [-0.05, 0) is 59.8 Å². The highest BCUT2D eigenvalue weighted by molar-refractivity contribution is 6.74. The molecule has 0 amide bonds. The van der Waals surface area contributed by atoms with E-state index >= 15 is 8.78 Å². The Hall–Kier alpha value is -2.79. The summed E-state index contributed by atoms with van der Waals surface area (Å²) in [5.41, 5.74) is 0.758. The number of ether oxygens (including phenoxy) is 2. The third-order valence-electron chi connectivity index (χ3n) is 9.29. The van der Waals surface area contributed by atoms with Crippen molar-refractivity contribution in [1.29, 1.82) is 0 Å². The van der Waals surface area contributed by atoms with Gasteiger partial charge in [0.25, 0.3) is 0 Å². The van der Waals surface area contributed by atoms with Crippen LogP contribution < -0.4 is 10.3 Å². The van der Waals surface area contributed by atoms with Crippen LogP contribution in [0.25, 0.3) is 10.9 Å². The number of morpholine rings is 1. The predicted octanol–water partition coefficient (Wildman–Crippen LogP) is 8.15. The Morgan fingerprint density at radius 3 is 2.30 bits per heavy atom. The quantitative estimate of drug-likeness (QED) is 0.129. The van der Waals surface area contributed by atoms with E-state index in [0.29, 0.717) is 49.4 Å². The number of carbonyl (C=O) groups is 1. The van der Waals surface area contributed by atoms with E-state index in [1.54, 1.807) is 24.1 Å². The Morgan fingerprint density at radius 2 is 1.72 bits per heavy atom. The fourth-order valence-electron chi connectivity index (χ4n) is 5.40. The Bertz CT molecular complexity index is 1660. The molecule has 0 N–H and O–H groups in total. The van der Waals surface area contributed by atoms with E-state index in [-0.39, 0.29) is 46.3 Å². The first-order chi connectivity index (χ1) is 21.4. The zero-order chi connectivity index (χ0) is 34.2. The van der Waals surface area contributed by atoms with Crippen molar-refractivity contribution < 1.29 is 27.5 Å². The Balaban J connectivity index is 1.85. The van der Waals surface area contributed by atoms with Gasteiger partial charge in [0, 0.05) is 31.1 Å². The highest BCUT2D eigenvalue weighted by Crippen LogP contribution is 2.40. The van der Waals surface area contributed by atoms with Gasteiger partial charge in [-0.3, -0.25) is 4.79 Å². The second-order valence-corrected chi connectivity index (χ2v) is 19.8. The average molecular weight is 677 g/mol. The molecule has 0 bridgehead atoms. The minimum Gasteiger partial charge on any atom is -0.462 e. The number of anilines is 1. The van der Waals surface area contributed by atoms with Crippen LogP contribution in [0.4, 0.5) is 14.5 Å². The van der Waals surface area contributed by atoms with Crippen LogP contribution in [-0.4, -0.2) is 58.4 Å². The van der Waals surface area contributed by atoms with Crippen molar-refractivity contribution in [2.24, 2.45) is 5.41 Å². The molecule has 0 saturated carbocycles. The molecule has 1 aromatic heterocycles. The maximum atomic E-state index is 15.4. The van der Waals surface area contributed by atoms with Crippen molar-refractivity contribution in [2.45, 2.75) is 79.1 Å². The van der Waals surface area contributed by atoms with Crippen molar-refractivity contribution in [1.82, 2.24) is 4.57 Å². The number of rotatable bonds is 9. The number of hydrogen-bond donors (Lipinski definition) is 0. The molecular weight excluding hydrogens is 630 g/mol. The number of carbonyl (C=O) groups excluding carboxylic acids is 1. The van der Waals surface area contributed by atoms with Crippen LogP contribution in [0, 0.1) is 17.0 Å². The largest absolute Gasteiger partial charge is 0.462 e. The van der Waals surface area contributed by atoms with E-state index < -0.39 is 36.4 Å². The van der Waals surface area contributed by atoms with Gasteiger partial charge in [0.15, 0.2) is 14.1 Å². The fourth-order valence-corrected chi connectivity index (χ4v) is 6.63. The molecule has 252 valence electrons. The summed E-state index contributed by atoms with van der Waals surface area (Å²) < 4.78 is 49.7. The normalized spacial score (nSPS) is 15.3. The molecule has 2 aromatic carbocycles. The molecule has 3 aromatic rings. The topological polar surface area (TPSA) is 70.0 Å². The third kappa shape index (κ3) is 7.51. The summed E-state index contributed by atoms with van der Waals surface area (Å²) in [6.45, 7) is 21.2. The molecule has 1 saturated heterocycles. The summed E-state index contributed by atoms with van der Waals surface area (Å²) in [4.78, 5) is 28.7. The average Bonchev–Trinajstić information content (AvgIpc) is 2.98. The summed E-state index contributed by atoms with van der Waals surface area (Å²) in [7, 11) is -2.14. The number of nitrogens with zero attached hydrogens (tertiary/aromatic N) is 2. The molecule has 0 aliphatic carbocycles. The lowest BCUT2D eigenvalue weighted by Gasteiger charge is -2.40. The highest BCUT2D eigenvalue weighted by atomic mass is 35.5. The number of hydrogen-bond acceptors (Lipinski definition) is 6. The fraction of sp³-hybridized carbons (Fsp3) is 0.543. The molecule has 0 unspecified atom stereocenters. The molecule has 4 rings (SSSR count). The van der Waals surface area contributed by atoms with Gasteiger partial charge in [-0.1, -0.05) is 59.2 Å². The smallest absolute Gasteiger partial charge is 0.343 e. The molecule has 1 atom stereocenters. The van der Waals surface area contributed by atoms with Crippen molar-refractivity contribution in [2.75, 3.05) is 44.4 Å². The van der Waals surface area contributed by atoms with Gasteiger partial charge in [0.1, 0.15) is 16.4 Å². The summed E-state index contributed by atoms with van der Waals surface area (Å²) in [5, 5.41) is -0.278. The van der Waals surface area contributed by atoms with Crippen LogP contribution >= 0.6 is 11.6 Å². The van der Waals surface area contributed by atoms with Crippen LogP contribution in [0.2, 0.25) is 23.2 Å². The van der Waals surface area contributed by atoms with E-state index in [1.807, 2.05) is 16.7 Å². The van der Waals surface area contributed by atoms with Gasteiger partial charge in [0.05, 0.1) is 43.7 Å². The van der Waals surface area contributed by atoms with Gasteiger partial charge in [0.2, 0.25) is 5.43 Å². The van der Waals surface area contributed by atoms with E-state index in [4.69, 9.17) is 25.5 Å². The van der Waals surface area contributed by atoms with Gasteiger partial charge in [-0.15, -0.1) is 0 Å². The van der Waals surface area contributed by atoms with Crippen molar-refractivity contribution in [3.63, 3.8) is 0 Å². The lowest BCUT2D eigenvalue weighted by molar-refractivity contribution is 0.0522. The SMILES string of the molecule is CCOC(=O)c1cn([C@H](CO[Si](C)(C)C(C)(C)C)C(C)(C)C)c2ccc(Cc3cc(N4CCOCC4)c(F)c(Cl)c3F)cc2c1=O. The van der Waals surface area contributed by atoms with Crippen LogP contribution in [0.15, 0.2) is 35.3 Å². The van der Waals surface area contributed by atoms with Gasteiger partial charge < -0.3 is 23.4 Å². The Labute approximate surface area is 276 Å². The number of benzene rings is 2. The number of esters is 1. The van der Waals surface area contributed by atoms with E-state index in [2.05, 4.69) is 54.6 Å². The standard InChI is InChI=1S/C35H47ClF2N2O5Si/c1-10-44-33(42)25-20-40(28(34(2,3)4)21-45-46(8,9)35(5,6)7)26-12-11-22(18-24(26)32(25)41)17-23-19-27(31(38)29(36)30(23)37)39-13-15-43-16-14-39/h11-12,18-20,28H,10,13-17,21H2,1-9H3/t28-/m1/s1. The monoisotopic (exact) mass is 676 g/mol. The lowest BCUT2D eigenvalue weighted by atomic mass is 9.86. The maximum Gasteiger partial charge on any atom is 0.343 e. The van der Waals surface area contributed by atoms with Gasteiger partial charge in [-0.2, -0.15) is 0 Å². The summed E-state index contributed by atoms with van der Waals surface area (Å²) in [6.07, 6.45) is 1.64. The molecule has 1 aliphatic rings. The second kappa shape index (κ2) is 13.7. The number of aromatic nitrogens is 1. The highest BCUT2D eigenvalue weighted by Gasteiger charge is 2.39. The zero-order valence-corrected chi connectivity index (χ0v) is 30.2. The van der Waals surface area contributed by atoms with Gasteiger partial charge >= 0.3 is 5.97 Å². The minimum absolute atomic E-state index is 0.00773. The van der Waals surface area contributed by atoms with Crippen molar-refractivity contribution in [3.05, 3.63) is 74.0 Å². The lowest BCUT2D eigenvalue weighted by Crippen LogP contribution is -2.43. The van der Waals surface area contributed by atoms with Crippen LogP contribution in [0.1, 0.15) is 76.0 Å². The van der Waals surface area contributed by atoms with E-state index in [1.165, 1.54) is 6.07 Å². The van der Waals surface area contributed by atoms with Crippen molar-refractivity contribution in [3.8, 4) is 0 Å². The minimum atomic E-state index is -2.14. The molecular formula is C35H47ClF2N2O5Si. The van der Waals surface area contributed by atoms with E-state index in [0.717, 1.165) is 0 Å². The molecule has 46 heavy (non-hydrogen) atoms. The van der Waals surface area contributed by atoms with Crippen LogP contribution in [-0.2, 0) is 20.3 Å². The summed E-state index contributed by atoms with van der Waals surface area (Å²) >= 11 is 6.15. The predicted molar refractivity (Wildman–Crippen MR) is 183 cm³/mol. The summed E-state index contributed by atoms with van der Waals surface area (Å²) in [6, 6.07) is 6.55. The van der Waals surface area contributed by atoms with E-state index in [9.17, 15) is 9.59 Å². The zero-order valence-electron chi connectivity index (χ0n) is 28.5. The number of halogens is 3. The van der Waals surface area contributed by atoms with Crippen LogP contribution in [0.3, 0.4) is 0 Å². The third-order valence-corrected chi connectivity index (χ3v) is 14.1. The molecule has 0 spiro atoms. The maximum absolute atomic E-state index is 15.4. The summed E-state index contributed by atoms with van der Waals surface area (Å²) in [5.74, 6) is -2.36. The van der Waals surface area contributed by atoms with Crippen LogP contribution in [0.5, 0.6) is 0 Å². The first kappa shape index (κ1) is 36.1.